The number of piperidine rings is 1. The number of nitrogens with zero attached hydrogens (tertiary/aromatic N) is 3. The summed E-state index contributed by atoms with van der Waals surface area (Å²) in [5.74, 6) is 0.350. The Morgan fingerprint density at radius 3 is 2.78 bits per heavy atom. The minimum absolute atomic E-state index is 0.0805. The molecule has 0 bridgehead atoms. The van der Waals surface area contributed by atoms with Gasteiger partial charge in [-0.25, -0.2) is 8.42 Å². The highest BCUT2D eigenvalue weighted by atomic mass is 32.2. The molecule has 2 aliphatic rings. The number of benzene rings is 1. The summed E-state index contributed by atoms with van der Waals surface area (Å²) in [5.41, 5.74) is 0.771. The van der Waals surface area contributed by atoms with Crippen molar-refractivity contribution < 1.29 is 13.2 Å². The van der Waals surface area contributed by atoms with E-state index in [-0.39, 0.29) is 9.77 Å². The third kappa shape index (κ3) is 3.84. The van der Waals surface area contributed by atoms with Crippen molar-refractivity contribution in [1.29, 1.82) is 0 Å². The van der Waals surface area contributed by atoms with Crippen molar-refractivity contribution in [3.8, 4) is 0 Å². The molecule has 2 saturated heterocycles. The average molecular weight is 412 g/mol. The van der Waals surface area contributed by atoms with Crippen molar-refractivity contribution in [1.82, 2.24) is 13.8 Å². The van der Waals surface area contributed by atoms with Crippen LogP contribution in [0, 0.1) is 5.92 Å². The van der Waals surface area contributed by atoms with E-state index < -0.39 is 10.0 Å². The number of rotatable bonds is 4. The van der Waals surface area contributed by atoms with Crippen molar-refractivity contribution in [2.45, 2.75) is 17.7 Å². The topological polar surface area (TPSA) is 71.9 Å². The first-order valence-corrected chi connectivity index (χ1v) is 11.6. The number of hydrogen-bond acceptors (Lipinski definition) is 6. The number of hydrogen-bond donors (Lipinski definition) is 0. The zero-order chi connectivity index (χ0) is 19.0. The number of thiazole rings is 1. The van der Waals surface area contributed by atoms with E-state index >= 15 is 0 Å². The molecule has 9 heteroatoms. The summed E-state index contributed by atoms with van der Waals surface area (Å²) < 4.78 is 35.6. The number of aromatic nitrogens is 1. The lowest BCUT2D eigenvalue weighted by atomic mass is 9.99. The maximum Gasteiger partial charge on any atom is 0.307 e. The van der Waals surface area contributed by atoms with Gasteiger partial charge in [0, 0.05) is 39.8 Å². The van der Waals surface area contributed by atoms with E-state index in [4.69, 9.17) is 4.74 Å². The van der Waals surface area contributed by atoms with E-state index in [0.717, 1.165) is 62.5 Å². The van der Waals surface area contributed by atoms with Gasteiger partial charge in [0.2, 0.25) is 10.0 Å². The standard InChI is InChI=1S/C18H25N3O4S2/c1-19-16-5-4-15(11-17(16)26-18(19)22)27(23,24)21-6-2-3-14(13-21)12-20-7-9-25-10-8-20/h4-5,11,14H,2-3,6-10,12-13H2,1H3/t14-/m1/s1. The van der Waals surface area contributed by atoms with Crippen LogP contribution in [0.3, 0.4) is 0 Å². The van der Waals surface area contributed by atoms with Gasteiger partial charge in [0.05, 0.1) is 28.3 Å². The Bertz CT molecular complexity index is 976. The summed E-state index contributed by atoms with van der Waals surface area (Å²) in [6, 6.07) is 4.99. The summed E-state index contributed by atoms with van der Waals surface area (Å²) in [6.07, 6.45) is 1.94. The van der Waals surface area contributed by atoms with Crippen LogP contribution in [-0.2, 0) is 21.8 Å². The second-order valence-corrected chi connectivity index (χ2v) is 10.3. The highest BCUT2D eigenvalue weighted by molar-refractivity contribution is 7.89. The first-order valence-electron chi connectivity index (χ1n) is 9.35. The van der Waals surface area contributed by atoms with Gasteiger partial charge in [0.25, 0.3) is 0 Å². The molecule has 0 spiro atoms. The SMILES string of the molecule is Cn1c(=O)sc2cc(S(=O)(=O)N3CCC[C@H](CN4CCOCC4)C3)ccc21. The molecule has 1 aromatic carbocycles. The Kier molecular flexibility index (Phi) is 5.39. The van der Waals surface area contributed by atoms with Gasteiger partial charge in [-0.15, -0.1) is 0 Å². The first-order chi connectivity index (χ1) is 12.9. The van der Waals surface area contributed by atoms with E-state index in [2.05, 4.69) is 4.90 Å². The molecular formula is C18H25N3O4S2. The fraction of sp³-hybridized carbons (Fsp3) is 0.611. The molecule has 0 saturated carbocycles. The second-order valence-electron chi connectivity index (χ2n) is 7.34. The van der Waals surface area contributed by atoms with E-state index in [1.807, 2.05) is 0 Å². The van der Waals surface area contributed by atoms with Crippen molar-refractivity contribution in [2.75, 3.05) is 45.9 Å². The molecule has 1 atom stereocenters. The monoisotopic (exact) mass is 411 g/mol. The quantitative estimate of drug-likeness (QED) is 0.759. The van der Waals surface area contributed by atoms with Gasteiger partial charge in [0.1, 0.15) is 0 Å². The molecule has 4 rings (SSSR count). The molecule has 2 aromatic rings. The maximum atomic E-state index is 13.2. The van der Waals surface area contributed by atoms with Gasteiger partial charge in [-0.05, 0) is 37.0 Å². The van der Waals surface area contributed by atoms with Crippen LogP contribution in [0.15, 0.2) is 27.9 Å². The predicted octanol–water partition coefficient (Wildman–Crippen LogP) is 1.33. The van der Waals surface area contributed by atoms with E-state index in [1.165, 1.54) is 0 Å². The molecule has 0 N–H and O–H groups in total. The number of morpholine rings is 1. The molecule has 0 aliphatic carbocycles. The summed E-state index contributed by atoms with van der Waals surface area (Å²) in [6.45, 7) is 5.41. The van der Waals surface area contributed by atoms with Crippen LogP contribution in [0.2, 0.25) is 0 Å². The Labute approximate surface area is 163 Å². The number of ether oxygens (including phenoxy) is 1. The van der Waals surface area contributed by atoms with Crippen LogP contribution in [0.25, 0.3) is 10.2 Å². The van der Waals surface area contributed by atoms with Crippen molar-refractivity contribution in [3.05, 3.63) is 27.9 Å². The zero-order valence-corrected chi connectivity index (χ0v) is 17.1. The number of sulfonamides is 1. The molecule has 148 valence electrons. The zero-order valence-electron chi connectivity index (χ0n) is 15.5. The normalized spacial score (nSPS) is 23.1. The Morgan fingerprint density at radius 2 is 2.00 bits per heavy atom. The molecule has 7 nitrogen and oxygen atoms in total. The molecule has 1 aromatic heterocycles. The van der Waals surface area contributed by atoms with Crippen LogP contribution in [-0.4, -0.2) is 68.1 Å². The smallest absolute Gasteiger partial charge is 0.307 e. The Balaban J connectivity index is 1.53. The van der Waals surface area contributed by atoms with Crippen LogP contribution < -0.4 is 4.87 Å². The third-order valence-electron chi connectivity index (χ3n) is 5.50. The maximum absolute atomic E-state index is 13.2. The Hall–Kier alpha value is -1.26. The van der Waals surface area contributed by atoms with Crippen LogP contribution in [0.4, 0.5) is 0 Å². The summed E-state index contributed by atoms with van der Waals surface area (Å²) in [7, 11) is -1.84. The molecular weight excluding hydrogens is 386 g/mol. The molecule has 0 radical (unpaired) electrons. The fourth-order valence-corrected chi connectivity index (χ4v) is 6.54. The fourth-order valence-electron chi connectivity index (χ4n) is 3.97. The first kappa shape index (κ1) is 19.1. The number of fused-ring (bicyclic) bond motifs is 1. The minimum Gasteiger partial charge on any atom is -0.379 e. The largest absolute Gasteiger partial charge is 0.379 e. The van der Waals surface area contributed by atoms with Crippen LogP contribution in [0.5, 0.6) is 0 Å². The van der Waals surface area contributed by atoms with Gasteiger partial charge in [-0.3, -0.25) is 9.69 Å². The molecule has 27 heavy (non-hydrogen) atoms. The van der Waals surface area contributed by atoms with E-state index in [1.54, 1.807) is 34.1 Å². The lowest BCUT2D eigenvalue weighted by Crippen LogP contribution is -2.46. The van der Waals surface area contributed by atoms with Gasteiger partial charge in [-0.2, -0.15) is 4.31 Å². The highest BCUT2D eigenvalue weighted by Gasteiger charge is 2.31. The van der Waals surface area contributed by atoms with E-state index in [0.29, 0.717) is 23.7 Å². The lowest BCUT2D eigenvalue weighted by Gasteiger charge is -2.36. The Morgan fingerprint density at radius 1 is 1.22 bits per heavy atom. The highest BCUT2D eigenvalue weighted by Crippen LogP contribution is 2.27. The summed E-state index contributed by atoms with van der Waals surface area (Å²) >= 11 is 1.09. The van der Waals surface area contributed by atoms with Gasteiger partial charge < -0.3 is 9.30 Å². The average Bonchev–Trinajstić information content (AvgIpc) is 2.96. The lowest BCUT2D eigenvalue weighted by molar-refractivity contribution is 0.0265. The minimum atomic E-state index is -3.55. The van der Waals surface area contributed by atoms with Crippen molar-refractivity contribution in [3.63, 3.8) is 0 Å². The third-order valence-corrected chi connectivity index (χ3v) is 8.36. The second kappa shape index (κ2) is 7.63. The van der Waals surface area contributed by atoms with Gasteiger partial charge in [0.15, 0.2) is 0 Å². The van der Waals surface area contributed by atoms with Gasteiger partial charge >= 0.3 is 4.87 Å². The molecule has 3 heterocycles. The van der Waals surface area contributed by atoms with Crippen LogP contribution >= 0.6 is 11.3 Å². The molecule has 0 unspecified atom stereocenters. The van der Waals surface area contributed by atoms with Crippen molar-refractivity contribution in [2.24, 2.45) is 13.0 Å². The predicted molar refractivity (Wildman–Crippen MR) is 106 cm³/mol. The molecule has 0 amide bonds. The molecule has 2 aliphatic heterocycles. The van der Waals surface area contributed by atoms with Crippen molar-refractivity contribution >= 4 is 31.6 Å². The summed E-state index contributed by atoms with van der Waals surface area (Å²) in [5, 5.41) is 0. The van der Waals surface area contributed by atoms with Gasteiger partial charge in [-0.1, -0.05) is 11.3 Å². The summed E-state index contributed by atoms with van der Waals surface area (Å²) in [4.78, 5) is 14.4. The number of aryl methyl sites for hydroxylation is 1. The van der Waals surface area contributed by atoms with E-state index in [9.17, 15) is 13.2 Å². The van der Waals surface area contributed by atoms with Crippen LogP contribution in [0.1, 0.15) is 12.8 Å². The molecule has 2 fully saturated rings.